The molecule has 3 aromatic rings. The second kappa shape index (κ2) is 10.1. The average molecular weight is 500 g/mol. The van der Waals surface area contributed by atoms with Crippen LogP contribution in [0.3, 0.4) is 0 Å². The van der Waals surface area contributed by atoms with E-state index in [1.807, 2.05) is 30.3 Å². The molecule has 190 valence electrons. The number of halogens is 1. The summed E-state index contributed by atoms with van der Waals surface area (Å²) < 4.78 is 19.2. The van der Waals surface area contributed by atoms with Crippen molar-refractivity contribution in [3.8, 4) is 5.75 Å². The first-order valence-electron chi connectivity index (χ1n) is 12.5. The Balaban J connectivity index is 1.42. The highest BCUT2D eigenvalue weighted by atomic mass is 19.1. The van der Waals surface area contributed by atoms with Crippen LogP contribution in [-0.2, 0) is 21.5 Å². The number of benzene rings is 3. The molecule has 2 aliphatic rings. The van der Waals surface area contributed by atoms with Gasteiger partial charge in [0.2, 0.25) is 5.91 Å². The Morgan fingerprint density at radius 3 is 2.43 bits per heavy atom. The molecule has 0 bridgehead atoms. The summed E-state index contributed by atoms with van der Waals surface area (Å²) in [5.74, 6) is 0.0556. The summed E-state index contributed by atoms with van der Waals surface area (Å²) in [6.07, 6.45) is 5.70. The van der Waals surface area contributed by atoms with E-state index >= 15 is 0 Å². The number of nitrogens with zero attached hydrogens (tertiary/aromatic N) is 1. The van der Waals surface area contributed by atoms with Crippen molar-refractivity contribution < 1.29 is 18.7 Å². The van der Waals surface area contributed by atoms with Gasteiger partial charge in [0.15, 0.2) is 0 Å². The number of ether oxygens (including phenoxy) is 1. The van der Waals surface area contributed by atoms with E-state index in [9.17, 15) is 14.0 Å². The van der Waals surface area contributed by atoms with Crippen LogP contribution >= 0.6 is 0 Å². The Morgan fingerprint density at radius 2 is 1.76 bits per heavy atom. The maximum atomic E-state index is 13.7. The van der Waals surface area contributed by atoms with Crippen LogP contribution in [0.4, 0.5) is 10.1 Å². The summed E-state index contributed by atoms with van der Waals surface area (Å²) in [6, 6.07) is 20.8. The molecule has 37 heavy (non-hydrogen) atoms. The predicted octanol–water partition coefficient (Wildman–Crippen LogP) is 4.73. The molecule has 7 heteroatoms. The number of hydrogen-bond acceptors (Lipinski definition) is 4. The minimum atomic E-state index is -0.510. The molecule has 1 aliphatic carbocycles. The van der Waals surface area contributed by atoms with Crippen molar-refractivity contribution >= 4 is 23.6 Å². The largest absolute Gasteiger partial charge is 0.497 e. The highest BCUT2D eigenvalue weighted by molar-refractivity contribution is 5.93. The lowest BCUT2D eigenvalue weighted by Crippen LogP contribution is -2.49. The van der Waals surface area contributed by atoms with Gasteiger partial charge in [-0.25, -0.2) is 4.39 Å². The van der Waals surface area contributed by atoms with Gasteiger partial charge in [-0.1, -0.05) is 30.3 Å². The summed E-state index contributed by atoms with van der Waals surface area (Å²) in [5.41, 5.74) is 9.62. The third-order valence-electron chi connectivity index (χ3n) is 7.28. The van der Waals surface area contributed by atoms with Gasteiger partial charge in [0.1, 0.15) is 11.6 Å². The summed E-state index contributed by atoms with van der Waals surface area (Å²) in [6.45, 7) is 2.94. The average Bonchev–Trinajstić information content (AvgIpc) is 3.77. The minimum Gasteiger partial charge on any atom is -0.497 e. The number of hydrogen-bond donors (Lipinski definition) is 2. The first-order chi connectivity index (χ1) is 17.9. The van der Waals surface area contributed by atoms with Crippen molar-refractivity contribution in [2.75, 3.05) is 18.6 Å². The van der Waals surface area contributed by atoms with Gasteiger partial charge in [-0.15, -0.1) is 0 Å². The van der Waals surface area contributed by atoms with E-state index in [2.05, 4.69) is 46.9 Å². The third kappa shape index (κ3) is 5.07. The van der Waals surface area contributed by atoms with Crippen LogP contribution in [0, 0.1) is 11.7 Å². The first kappa shape index (κ1) is 24.6. The van der Waals surface area contributed by atoms with Gasteiger partial charge >= 0.3 is 0 Å². The zero-order chi connectivity index (χ0) is 26.0. The third-order valence-corrected chi connectivity index (χ3v) is 7.28. The molecule has 0 spiro atoms. The zero-order valence-corrected chi connectivity index (χ0v) is 21.0. The molecule has 2 amide bonds. The number of fused-ring (bicyclic) bond motifs is 1. The smallest absolute Gasteiger partial charge is 0.262 e. The normalized spacial score (nSPS) is 18.8. The molecule has 2 N–H and O–H groups in total. The lowest BCUT2D eigenvalue weighted by molar-refractivity contribution is -0.127. The second-order valence-corrected chi connectivity index (χ2v) is 9.68. The maximum Gasteiger partial charge on any atom is 0.262 e. The molecule has 3 aromatic carbocycles. The second-order valence-electron chi connectivity index (χ2n) is 9.68. The Labute approximate surface area is 216 Å². The number of amides is 2. The van der Waals surface area contributed by atoms with Gasteiger partial charge in [-0.05, 0) is 90.9 Å². The van der Waals surface area contributed by atoms with Crippen molar-refractivity contribution in [1.82, 2.24) is 10.9 Å². The molecular formula is C30H30FN3O3. The first-order valence-corrected chi connectivity index (χ1v) is 12.5. The van der Waals surface area contributed by atoms with Crippen LogP contribution in [0.15, 0.2) is 72.8 Å². The summed E-state index contributed by atoms with van der Waals surface area (Å²) in [7, 11) is 1.67. The van der Waals surface area contributed by atoms with Crippen molar-refractivity contribution in [2.24, 2.45) is 5.92 Å². The summed E-state index contributed by atoms with van der Waals surface area (Å²) in [4.78, 5) is 26.1. The van der Waals surface area contributed by atoms with Crippen LogP contribution in [0.5, 0.6) is 5.75 Å². The molecule has 0 radical (unpaired) electrons. The molecule has 1 aliphatic heterocycles. The zero-order valence-electron chi connectivity index (χ0n) is 21.0. The van der Waals surface area contributed by atoms with E-state index in [4.69, 9.17) is 4.74 Å². The van der Waals surface area contributed by atoms with Crippen molar-refractivity contribution in [1.29, 1.82) is 0 Å². The SMILES string of the molecule is COc1ccc2c(c1)CCN(c1ccc(F)cc1)C2(C)c1ccc(C=CC(=O)NNC(=O)C2CC2)cc1. The maximum absolute atomic E-state index is 13.7. The van der Waals surface area contributed by atoms with E-state index in [1.54, 1.807) is 13.2 Å². The van der Waals surface area contributed by atoms with Crippen LogP contribution in [0.25, 0.3) is 6.08 Å². The molecule has 1 heterocycles. The molecule has 1 atom stereocenters. The van der Waals surface area contributed by atoms with Gasteiger partial charge in [0.05, 0.1) is 12.6 Å². The number of hydrazine groups is 1. The van der Waals surface area contributed by atoms with Gasteiger partial charge in [0.25, 0.3) is 5.91 Å². The Hall–Kier alpha value is -4.13. The lowest BCUT2D eigenvalue weighted by Gasteiger charge is -2.48. The molecule has 0 saturated heterocycles. The fourth-order valence-corrected chi connectivity index (χ4v) is 5.00. The fourth-order valence-electron chi connectivity index (χ4n) is 5.00. The molecule has 1 fully saturated rings. The van der Waals surface area contributed by atoms with Gasteiger partial charge < -0.3 is 9.64 Å². The van der Waals surface area contributed by atoms with E-state index in [0.717, 1.165) is 53.9 Å². The van der Waals surface area contributed by atoms with Crippen molar-refractivity contribution in [2.45, 2.75) is 31.7 Å². The number of methoxy groups -OCH3 is 1. The van der Waals surface area contributed by atoms with Crippen molar-refractivity contribution in [3.63, 3.8) is 0 Å². The van der Waals surface area contributed by atoms with Gasteiger partial charge in [0, 0.05) is 24.2 Å². The van der Waals surface area contributed by atoms with Crippen LogP contribution < -0.4 is 20.5 Å². The monoisotopic (exact) mass is 499 g/mol. The Bertz CT molecular complexity index is 1330. The summed E-state index contributed by atoms with van der Waals surface area (Å²) in [5, 5.41) is 0. The van der Waals surface area contributed by atoms with Gasteiger partial charge in [-0.2, -0.15) is 0 Å². The fraction of sp³-hybridized carbons (Fsp3) is 0.267. The van der Waals surface area contributed by atoms with Crippen molar-refractivity contribution in [3.05, 3.63) is 101 Å². The molecule has 0 aromatic heterocycles. The van der Waals surface area contributed by atoms with E-state index in [-0.39, 0.29) is 23.5 Å². The number of nitrogens with one attached hydrogen (secondary N) is 2. The highest BCUT2D eigenvalue weighted by Crippen LogP contribution is 2.44. The topological polar surface area (TPSA) is 70.7 Å². The molecule has 6 nitrogen and oxygen atoms in total. The lowest BCUT2D eigenvalue weighted by atomic mass is 9.76. The Morgan fingerprint density at radius 1 is 1.03 bits per heavy atom. The minimum absolute atomic E-state index is 0.0265. The van der Waals surface area contributed by atoms with E-state index in [1.165, 1.54) is 23.8 Å². The van der Waals surface area contributed by atoms with E-state index < -0.39 is 5.54 Å². The molecule has 1 saturated carbocycles. The number of anilines is 1. The molecular weight excluding hydrogens is 469 g/mol. The van der Waals surface area contributed by atoms with E-state index in [0.29, 0.717) is 0 Å². The quantitative estimate of drug-likeness (QED) is 0.380. The number of carbonyl (C=O) groups is 2. The highest BCUT2D eigenvalue weighted by Gasteiger charge is 2.40. The van der Waals surface area contributed by atoms with Crippen LogP contribution in [0.2, 0.25) is 0 Å². The number of rotatable bonds is 6. The predicted molar refractivity (Wildman–Crippen MR) is 141 cm³/mol. The van der Waals surface area contributed by atoms with Gasteiger partial charge in [-0.3, -0.25) is 20.4 Å². The Kier molecular flexibility index (Phi) is 6.70. The van der Waals surface area contributed by atoms with Crippen LogP contribution in [-0.4, -0.2) is 25.5 Å². The molecule has 5 rings (SSSR count). The number of carbonyl (C=O) groups excluding carboxylic acids is 2. The van der Waals surface area contributed by atoms with Crippen LogP contribution in [0.1, 0.15) is 42.0 Å². The standard InChI is InChI=1S/C30H30FN3O3/c1-30(23-8-3-20(4-9-23)5-16-28(35)32-33-29(36)21-6-7-21)27-15-14-26(37-2)19-22(27)17-18-34(30)25-12-10-24(31)11-13-25/h3-5,8-16,19,21H,6-7,17-18H2,1-2H3,(H,32,35)(H,33,36). The molecule has 1 unspecified atom stereocenters. The summed E-state index contributed by atoms with van der Waals surface area (Å²) >= 11 is 0.